The summed E-state index contributed by atoms with van der Waals surface area (Å²) in [7, 11) is 1.64. The Morgan fingerprint density at radius 3 is 2.41 bits per heavy atom. The number of piperidine rings is 1. The van der Waals surface area contributed by atoms with Gasteiger partial charge in [-0.05, 0) is 80.2 Å². The molecule has 1 unspecified atom stereocenters. The van der Waals surface area contributed by atoms with Crippen LogP contribution in [-0.2, 0) is 6.54 Å². The molecule has 0 aliphatic carbocycles. The highest BCUT2D eigenvalue weighted by Crippen LogP contribution is 2.35. The van der Waals surface area contributed by atoms with Gasteiger partial charge in [0, 0.05) is 18.1 Å². The van der Waals surface area contributed by atoms with Crippen LogP contribution in [-0.4, -0.2) is 39.8 Å². The zero-order chi connectivity index (χ0) is 22.7. The van der Waals surface area contributed by atoms with Gasteiger partial charge in [0.25, 0.3) is 5.56 Å². The first-order valence-corrected chi connectivity index (χ1v) is 11.2. The number of aryl methyl sites for hydroxylation is 1. The molecule has 6 heteroatoms. The highest BCUT2D eigenvalue weighted by atomic mass is 16.5. The molecule has 2 aromatic heterocycles. The number of benzene rings is 1. The van der Waals surface area contributed by atoms with Crippen LogP contribution in [0, 0.1) is 12.8 Å². The Morgan fingerprint density at radius 1 is 1.12 bits per heavy atom. The quantitative estimate of drug-likeness (QED) is 0.633. The molecule has 4 rings (SSSR count). The minimum Gasteiger partial charge on any atom is -0.507 e. The summed E-state index contributed by atoms with van der Waals surface area (Å²) < 4.78 is 6.99. The van der Waals surface area contributed by atoms with Crippen LogP contribution in [0.4, 0.5) is 0 Å². The van der Waals surface area contributed by atoms with Gasteiger partial charge in [-0.2, -0.15) is 0 Å². The molecule has 1 N–H and O–H groups in total. The van der Waals surface area contributed by atoms with Gasteiger partial charge >= 0.3 is 0 Å². The van der Waals surface area contributed by atoms with Crippen molar-refractivity contribution in [2.75, 3.05) is 20.2 Å². The Bertz CT molecular complexity index is 1100. The maximum absolute atomic E-state index is 13.8. The lowest BCUT2D eigenvalue weighted by Crippen LogP contribution is -2.40. The predicted octanol–water partition coefficient (Wildman–Crippen LogP) is 4.14. The lowest BCUT2D eigenvalue weighted by Gasteiger charge is -2.37. The van der Waals surface area contributed by atoms with Crippen molar-refractivity contribution >= 4 is 0 Å². The second-order valence-electron chi connectivity index (χ2n) is 8.73. The summed E-state index contributed by atoms with van der Waals surface area (Å²) in [5.74, 6) is 1.50. The summed E-state index contributed by atoms with van der Waals surface area (Å²) in [5.41, 5.74) is 2.98. The van der Waals surface area contributed by atoms with Gasteiger partial charge in [0.15, 0.2) is 0 Å². The predicted molar refractivity (Wildman–Crippen MR) is 125 cm³/mol. The van der Waals surface area contributed by atoms with Crippen molar-refractivity contribution in [3.63, 3.8) is 0 Å². The number of methoxy groups -OCH3 is 1. The molecule has 0 saturated carbocycles. The van der Waals surface area contributed by atoms with Gasteiger partial charge in [-0.15, -0.1) is 0 Å². The van der Waals surface area contributed by atoms with E-state index in [0.717, 1.165) is 48.5 Å². The molecule has 32 heavy (non-hydrogen) atoms. The summed E-state index contributed by atoms with van der Waals surface area (Å²) in [4.78, 5) is 20.3. The summed E-state index contributed by atoms with van der Waals surface area (Å²) in [5, 5.41) is 11.0. The number of likely N-dealkylation sites (tertiary alicyclic amines) is 1. The van der Waals surface area contributed by atoms with E-state index in [4.69, 9.17) is 4.74 Å². The molecular weight excluding hydrogens is 402 g/mol. The molecule has 1 aliphatic rings. The van der Waals surface area contributed by atoms with E-state index >= 15 is 0 Å². The number of rotatable bonds is 6. The minimum atomic E-state index is -0.305. The lowest BCUT2D eigenvalue weighted by atomic mass is 9.92. The molecule has 0 bridgehead atoms. The van der Waals surface area contributed by atoms with E-state index in [2.05, 4.69) is 16.8 Å². The number of ether oxygens (including phenoxy) is 1. The third kappa shape index (κ3) is 4.55. The van der Waals surface area contributed by atoms with Gasteiger partial charge in [0.2, 0.25) is 0 Å². The van der Waals surface area contributed by atoms with Crippen molar-refractivity contribution in [1.82, 2.24) is 14.5 Å². The van der Waals surface area contributed by atoms with Crippen LogP contribution >= 0.6 is 0 Å². The maximum atomic E-state index is 13.8. The zero-order valence-corrected chi connectivity index (χ0v) is 19.0. The normalized spacial score (nSPS) is 16.1. The molecule has 1 aliphatic heterocycles. The molecular formula is C26H31N3O3. The van der Waals surface area contributed by atoms with Crippen LogP contribution in [0.5, 0.6) is 11.5 Å². The maximum Gasteiger partial charge on any atom is 0.259 e. The van der Waals surface area contributed by atoms with Gasteiger partial charge in [-0.1, -0.05) is 19.1 Å². The van der Waals surface area contributed by atoms with E-state index in [1.54, 1.807) is 30.1 Å². The molecule has 0 radical (unpaired) electrons. The smallest absolute Gasteiger partial charge is 0.259 e. The van der Waals surface area contributed by atoms with E-state index < -0.39 is 0 Å². The molecule has 168 valence electrons. The SMILES string of the molecule is COc1ccc(Cn2c(C)cc(O)c(C(c3ccncc3)N3CCC(C)CC3)c2=O)cc1. The average molecular weight is 434 g/mol. The van der Waals surface area contributed by atoms with Crippen LogP contribution in [0.2, 0.25) is 0 Å². The van der Waals surface area contributed by atoms with Crippen LogP contribution in [0.25, 0.3) is 0 Å². The summed E-state index contributed by atoms with van der Waals surface area (Å²) >= 11 is 0. The Kier molecular flexibility index (Phi) is 6.61. The Hall–Kier alpha value is -3.12. The summed E-state index contributed by atoms with van der Waals surface area (Å²) in [6.07, 6.45) is 5.65. The van der Waals surface area contributed by atoms with Crippen molar-refractivity contribution in [2.24, 2.45) is 5.92 Å². The number of hydrogen-bond donors (Lipinski definition) is 1. The second kappa shape index (κ2) is 9.57. The van der Waals surface area contributed by atoms with E-state index in [0.29, 0.717) is 18.0 Å². The van der Waals surface area contributed by atoms with E-state index in [1.807, 2.05) is 43.3 Å². The number of pyridine rings is 2. The average Bonchev–Trinajstić information content (AvgIpc) is 2.81. The van der Waals surface area contributed by atoms with Gasteiger partial charge < -0.3 is 14.4 Å². The van der Waals surface area contributed by atoms with Crippen molar-refractivity contribution in [2.45, 2.75) is 39.3 Å². The third-order valence-electron chi connectivity index (χ3n) is 6.50. The van der Waals surface area contributed by atoms with Crippen LogP contribution < -0.4 is 10.3 Å². The highest BCUT2D eigenvalue weighted by molar-refractivity contribution is 5.41. The van der Waals surface area contributed by atoms with E-state index in [1.165, 1.54) is 0 Å². The number of hydrogen-bond acceptors (Lipinski definition) is 5. The van der Waals surface area contributed by atoms with Gasteiger partial charge in [-0.25, -0.2) is 0 Å². The number of aromatic hydroxyl groups is 1. The summed E-state index contributed by atoms with van der Waals surface area (Å²) in [6.45, 7) is 6.34. The lowest BCUT2D eigenvalue weighted by molar-refractivity contribution is 0.154. The van der Waals surface area contributed by atoms with Gasteiger partial charge in [0.1, 0.15) is 11.5 Å². The second-order valence-corrected chi connectivity index (χ2v) is 8.73. The molecule has 1 atom stereocenters. The van der Waals surface area contributed by atoms with E-state index in [-0.39, 0.29) is 17.4 Å². The van der Waals surface area contributed by atoms with Crippen LogP contribution in [0.15, 0.2) is 59.7 Å². The fourth-order valence-electron chi connectivity index (χ4n) is 4.53. The van der Waals surface area contributed by atoms with Crippen molar-refractivity contribution in [3.05, 3.63) is 87.6 Å². The standard InChI is InChI=1S/C26H31N3O3/c1-18-10-14-28(15-11-18)25(21-8-12-27-13-9-21)24-23(30)16-19(2)29(26(24)31)17-20-4-6-22(32-3)7-5-20/h4-9,12-13,16,18,25,30H,10-11,14-15,17H2,1-3H3. The molecule has 1 aromatic carbocycles. The molecule has 0 amide bonds. The molecule has 1 saturated heterocycles. The largest absolute Gasteiger partial charge is 0.507 e. The molecule has 3 aromatic rings. The number of nitrogens with zero attached hydrogens (tertiary/aromatic N) is 3. The third-order valence-corrected chi connectivity index (χ3v) is 6.50. The molecule has 3 heterocycles. The summed E-state index contributed by atoms with van der Waals surface area (Å²) in [6, 6.07) is 13.0. The van der Waals surface area contributed by atoms with Crippen molar-refractivity contribution in [1.29, 1.82) is 0 Å². The van der Waals surface area contributed by atoms with Gasteiger partial charge in [-0.3, -0.25) is 14.7 Å². The highest BCUT2D eigenvalue weighted by Gasteiger charge is 2.31. The van der Waals surface area contributed by atoms with Crippen LogP contribution in [0.3, 0.4) is 0 Å². The minimum absolute atomic E-state index is 0.0546. The van der Waals surface area contributed by atoms with E-state index in [9.17, 15) is 9.90 Å². The first kappa shape index (κ1) is 22.1. The zero-order valence-electron chi connectivity index (χ0n) is 19.0. The first-order chi connectivity index (χ1) is 15.5. The molecule has 0 spiro atoms. The van der Waals surface area contributed by atoms with Crippen molar-refractivity contribution < 1.29 is 9.84 Å². The Balaban J connectivity index is 1.78. The topological polar surface area (TPSA) is 67.6 Å². The Morgan fingerprint density at radius 2 is 1.78 bits per heavy atom. The van der Waals surface area contributed by atoms with Crippen LogP contribution in [0.1, 0.15) is 48.2 Å². The number of aromatic nitrogens is 2. The first-order valence-electron chi connectivity index (χ1n) is 11.2. The van der Waals surface area contributed by atoms with Gasteiger partial charge in [0.05, 0.1) is 25.3 Å². The molecule has 1 fully saturated rings. The molecule has 6 nitrogen and oxygen atoms in total. The fourth-order valence-corrected chi connectivity index (χ4v) is 4.53. The Labute approximate surface area is 189 Å². The van der Waals surface area contributed by atoms with Crippen molar-refractivity contribution in [3.8, 4) is 11.5 Å². The fraction of sp³-hybridized carbons (Fsp3) is 0.385. The monoisotopic (exact) mass is 433 g/mol.